The Morgan fingerprint density at radius 3 is 2.42 bits per heavy atom. The molecule has 1 N–H and O–H groups in total. The van der Waals surface area contributed by atoms with Crippen molar-refractivity contribution >= 4 is 12.0 Å². The third-order valence-electron chi connectivity index (χ3n) is 3.31. The molecule has 3 aromatic rings. The summed E-state index contributed by atoms with van der Waals surface area (Å²) < 4.78 is 10.9. The predicted molar refractivity (Wildman–Crippen MR) is 92.5 cm³/mol. The first-order valence-electron chi connectivity index (χ1n) is 7.61. The Labute approximate surface area is 140 Å². The van der Waals surface area contributed by atoms with Gasteiger partial charge >= 0.3 is 0 Å². The van der Waals surface area contributed by atoms with Crippen molar-refractivity contribution in [3.63, 3.8) is 0 Å². The van der Waals surface area contributed by atoms with Crippen molar-refractivity contribution in [2.24, 2.45) is 0 Å². The lowest BCUT2D eigenvalue weighted by atomic mass is 10.2. The summed E-state index contributed by atoms with van der Waals surface area (Å²) in [6.45, 7) is 0.451. The topological polar surface area (TPSA) is 51.5 Å². The Bertz CT molecular complexity index is 791. The summed E-state index contributed by atoms with van der Waals surface area (Å²) >= 11 is 0. The van der Waals surface area contributed by atoms with Crippen molar-refractivity contribution in [2.45, 2.75) is 6.54 Å². The summed E-state index contributed by atoms with van der Waals surface area (Å²) in [7, 11) is 0. The number of nitrogens with one attached hydrogen (secondary N) is 1. The van der Waals surface area contributed by atoms with Gasteiger partial charge in [0.25, 0.3) is 0 Å². The lowest BCUT2D eigenvalue weighted by Crippen LogP contribution is -2.20. The number of benzene rings is 2. The van der Waals surface area contributed by atoms with Crippen LogP contribution in [0, 0.1) is 0 Å². The van der Waals surface area contributed by atoms with E-state index in [0.717, 1.165) is 17.1 Å². The van der Waals surface area contributed by atoms with Crippen LogP contribution in [0.15, 0.2) is 83.5 Å². The summed E-state index contributed by atoms with van der Waals surface area (Å²) in [5.41, 5.74) is 0.996. The molecule has 1 amide bonds. The maximum atomic E-state index is 11.8. The number of amides is 1. The first-order chi connectivity index (χ1) is 11.8. The zero-order valence-electron chi connectivity index (χ0n) is 13.0. The molecule has 0 saturated carbocycles. The Hall–Kier alpha value is -3.27. The zero-order chi connectivity index (χ0) is 16.6. The standard InChI is InChI=1S/C20H17NO3/c22-20(13-12-17-7-4-14-23-17)21-15-16-8-10-19(11-9-16)24-18-5-2-1-3-6-18/h1-14H,15H2,(H,21,22)/b13-12+. The second-order valence-corrected chi connectivity index (χ2v) is 5.13. The van der Waals surface area contributed by atoms with Gasteiger partial charge in [-0.25, -0.2) is 0 Å². The summed E-state index contributed by atoms with van der Waals surface area (Å²) in [5, 5.41) is 2.82. The second-order valence-electron chi connectivity index (χ2n) is 5.13. The molecule has 0 saturated heterocycles. The Kier molecular flexibility index (Phi) is 5.10. The number of ether oxygens (including phenoxy) is 1. The van der Waals surface area contributed by atoms with Gasteiger partial charge in [0.05, 0.1) is 6.26 Å². The van der Waals surface area contributed by atoms with Crippen LogP contribution in [0.2, 0.25) is 0 Å². The number of carbonyl (C=O) groups excluding carboxylic acids is 1. The average molecular weight is 319 g/mol. The molecule has 1 aromatic heterocycles. The molecule has 120 valence electrons. The molecule has 0 atom stereocenters. The van der Waals surface area contributed by atoms with Crippen LogP contribution >= 0.6 is 0 Å². The van der Waals surface area contributed by atoms with Gasteiger partial charge in [-0.1, -0.05) is 30.3 Å². The number of furan rings is 1. The first kappa shape index (κ1) is 15.6. The molecule has 2 aromatic carbocycles. The summed E-state index contributed by atoms with van der Waals surface area (Å²) in [6, 6.07) is 20.8. The largest absolute Gasteiger partial charge is 0.465 e. The lowest BCUT2D eigenvalue weighted by Gasteiger charge is -2.07. The van der Waals surface area contributed by atoms with Crippen molar-refractivity contribution in [3.05, 3.63) is 90.4 Å². The molecule has 24 heavy (non-hydrogen) atoms. The normalized spacial score (nSPS) is 10.7. The quantitative estimate of drug-likeness (QED) is 0.685. The van der Waals surface area contributed by atoms with Crippen LogP contribution in [0.4, 0.5) is 0 Å². The summed E-state index contributed by atoms with van der Waals surface area (Å²) in [4.78, 5) is 11.8. The van der Waals surface area contributed by atoms with Crippen molar-refractivity contribution in [1.29, 1.82) is 0 Å². The molecule has 4 nitrogen and oxygen atoms in total. The second kappa shape index (κ2) is 7.83. The third-order valence-corrected chi connectivity index (χ3v) is 3.31. The van der Waals surface area contributed by atoms with Crippen LogP contribution in [0.3, 0.4) is 0 Å². The van der Waals surface area contributed by atoms with Gasteiger partial charge in [-0.2, -0.15) is 0 Å². The Morgan fingerprint density at radius 2 is 1.71 bits per heavy atom. The van der Waals surface area contributed by atoms with Gasteiger partial charge in [-0.05, 0) is 48.0 Å². The van der Waals surface area contributed by atoms with Crippen molar-refractivity contribution < 1.29 is 13.9 Å². The highest BCUT2D eigenvalue weighted by molar-refractivity contribution is 5.91. The molecule has 0 fully saturated rings. The van der Waals surface area contributed by atoms with E-state index in [0.29, 0.717) is 12.3 Å². The van der Waals surface area contributed by atoms with Gasteiger partial charge in [0.2, 0.25) is 5.91 Å². The van der Waals surface area contributed by atoms with Crippen molar-refractivity contribution in [3.8, 4) is 11.5 Å². The molecule has 0 bridgehead atoms. The van der Waals surface area contributed by atoms with Crippen LogP contribution in [0.1, 0.15) is 11.3 Å². The number of rotatable bonds is 6. The van der Waals surface area contributed by atoms with Crippen LogP contribution in [-0.2, 0) is 11.3 Å². The van der Waals surface area contributed by atoms with E-state index < -0.39 is 0 Å². The van der Waals surface area contributed by atoms with E-state index in [1.807, 2.05) is 54.6 Å². The van der Waals surface area contributed by atoms with E-state index in [1.165, 1.54) is 6.08 Å². The number of hydrogen-bond acceptors (Lipinski definition) is 3. The Morgan fingerprint density at radius 1 is 0.958 bits per heavy atom. The first-order valence-corrected chi connectivity index (χ1v) is 7.61. The van der Waals surface area contributed by atoms with Crippen LogP contribution in [0.5, 0.6) is 11.5 Å². The maximum Gasteiger partial charge on any atom is 0.244 e. The highest BCUT2D eigenvalue weighted by Gasteiger charge is 2.00. The SMILES string of the molecule is O=C(/C=C/c1ccco1)NCc1ccc(Oc2ccccc2)cc1. The predicted octanol–water partition coefficient (Wildman–Crippen LogP) is 4.40. The van der Waals surface area contributed by atoms with E-state index in [4.69, 9.17) is 9.15 Å². The van der Waals surface area contributed by atoms with Crippen LogP contribution < -0.4 is 10.1 Å². The zero-order valence-corrected chi connectivity index (χ0v) is 13.0. The van der Waals surface area contributed by atoms with Crippen molar-refractivity contribution in [1.82, 2.24) is 5.32 Å². The van der Waals surface area contributed by atoms with Gasteiger partial charge in [-0.3, -0.25) is 4.79 Å². The van der Waals surface area contributed by atoms with Crippen LogP contribution in [0.25, 0.3) is 6.08 Å². The van der Waals surface area contributed by atoms with Gasteiger partial charge in [-0.15, -0.1) is 0 Å². The van der Waals surface area contributed by atoms with E-state index in [9.17, 15) is 4.79 Å². The monoisotopic (exact) mass is 319 g/mol. The molecular weight excluding hydrogens is 302 g/mol. The van der Waals surface area contributed by atoms with E-state index in [2.05, 4.69) is 5.32 Å². The van der Waals surface area contributed by atoms with E-state index in [1.54, 1.807) is 24.5 Å². The molecule has 0 aliphatic heterocycles. The molecule has 0 aliphatic rings. The average Bonchev–Trinajstić information content (AvgIpc) is 3.14. The van der Waals surface area contributed by atoms with E-state index >= 15 is 0 Å². The minimum absolute atomic E-state index is 0.170. The fourth-order valence-corrected chi connectivity index (χ4v) is 2.09. The lowest BCUT2D eigenvalue weighted by molar-refractivity contribution is -0.116. The minimum atomic E-state index is -0.170. The molecule has 0 spiro atoms. The fraction of sp³-hybridized carbons (Fsp3) is 0.0500. The smallest absolute Gasteiger partial charge is 0.244 e. The number of para-hydroxylation sites is 1. The van der Waals surface area contributed by atoms with Gasteiger partial charge in [0, 0.05) is 12.6 Å². The molecular formula is C20H17NO3. The molecule has 1 heterocycles. The number of carbonyl (C=O) groups is 1. The molecule has 3 rings (SSSR count). The van der Waals surface area contributed by atoms with Crippen molar-refractivity contribution in [2.75, 3.05) is 0 Å². The molecule has 0 radical (unpaired) electrons. The van der Waals surface area contributed by atoms with E-state index in [-0.39, 0.29) is 5.91 Å². The maximum absolute atomic E-state index is 11.8. The van der Waals surface area contributed by atoms with Gasteiger partial charge in [0.1, 0.15) is 17.3 Å². The Balaban J connectivity index is 1.50. The molecule has 0 aliphatic carbocycles. The summed E-state index contributed by atoms with van der Waals surface area (Å²) in [6.07, 6.45) is 4.65. The highest BCUT2D eigenvalue weighted by Crippen LogP contribution is 2.21. The highest BCUT2D eigenvalue weighted by atomic mass is 16.5. The summed E-state index contributed by atoms with van der Waals surface area (Å²) in [5.74, 6) is 2.03. The number of hydrogen-bond donors (Lipinski definition) is 1. The van der Waals surface area contributed by atoms with Gasteiger partial charge in [0.15, 0.2) is 0 Å². The molecule has 4 heteroatoms. The fourth-order valence-electron chi connectivity index (χ4n) is 2.09. The molecule has 0 unspecified atom stereocenters. The van der Waals surface area contributed by atoms with Gasteiger partial charge < -0.3 is 14.5 Å². The minimum Gasteiger partial charge on any atom is -0.465 e. The third kappa shape index (κ3) is 4.61. The van der Waals surface area contributed by atoms with Crippen LogP contribution in [-0.4, -0.2) is 5.91 Å².